The van der Waals surface area contributed by atoms with Crippen LogP contribution < -0.4 is 4.74 Å². The highest BCUT2D eigenvalue weighted by atomic mass is 19.1. The molecule has 1 unspecified atom stereocenters. The van der Waals surface area contributed by atoms with Gasteiger partial charge >= 0.3 is 0 Å². The van der Waals surface area contributed by atoms with Crippen LogP contribution in [0.15, 0.2) is 18.2 Å². The fourth-order valence-corrected chi connectivity index (χ4v) is 2.75. The lowest BCUT2D eigenvalue weighted by Gasteiger charge is -2.24. The van der Waals surface area contributed by atoms with E-state index < -0.39 is 11.9 Å². The Labute approximate surface area is 130 Å². The molecular weight excluding hydrogens is 287 g/mol. The molecule has 0 bridgehead atoms. The van der Waals surface area contributed by atoms with Gasteiger partial charge in [0.15, 0.2) is 11.6 Å². The maximum absolute atomic E-state index is 13.6. The molecular formula is C16H23FN2O3. The zero-order valence-electron chi connectivity index (χ0n) is 13.1. The standard InChI is InChI=1S/C16H23FN2O3/c1-18(9-12-5-6-15(22-2)14(17)8-12)10-13(20)11-19-7-3-4-16(19)21/h5-6,8,13,20H,3-4,7,9-11H2,1-2H3. The molecule has 1 saturated heterocycles. The number of carbonyl (C=O) groups is 1. The third-order valence-corrected chi connectivity index (χ3v) is 3.79. The third-order valence-electron chi connectivity index (χ3n) is 3.79. The number of hydrogen-bond donors (Lipinski definition) is 1. The van der Waals surface area contributed by atoms with Crippen LogP contribution in [0.2, 0.25) is 0 Å². The lowest BCUT2D eigenvalue weighted by Crippen LogP contribution is -2.39. The van der Waals surface area contributed by atoms with Gasteiger partial charge in [0.05, 0.1) is 13.2 Å². The molecule has 6 heteroatoms. The van der Waals surface area contributed by atoms with Crippen LogP contribution in [-0.4, -0.2) is 60.7 Å². The number of benzene rings is 1. The van der Waals surface area contributed by atoms with E-state index in [4.69, 9.17) is 4.74 Å². The summed E-state index contributed by atoms with van der Waals surface area (Å²) in [4.78, 5) is 15.1. The first-order valence-corrected chi connectivity index (χ1v) is 7.46. The van der Waals surface area contributed by atoms with Crippen molar-refractivity contribution in [2.24, 2.45) is 0 Å². The lowest BCUT2D eigenvalue weighted by molar-refractivity contribution is -0.129. The second-order valence-corrected chi connectivity index (χ2v) is 5.76. The van der Waals surface area contributed by atoms with Gasteiger partial charge < -0.3 is 14.7 Å². The largest absolute Gasteiger partial charge is 0.494 e. The van der Waals surface area contributed by atoms with Crippen molar-refractivity contribution in [1.82, 2.24) is 9.80 Å². The van der Waals surface area contributed by atoms with Crippen LogP contribution in [0.25, 0.3) is 0 Å². The number of aliphatic hydroxyl groups is 1. The van der Waals surface area contributed by atoms with Crippen molar-refractivity contribution in [2.75, 3.05) is 33.8 Å². The van der Waals surface area contributed by atoms with Crippen LogP contribution in [0.3, 0.4) is 0 Å². The summed E-state index contributed by atoms with van der Waals surface area (Å²) in [5, 5.41) is 10.1. The number of β-amino-alcohol motifs (C(OH)–C–C–N with tert-alkyl or cyclic N) is 1. The molecule has 1 aromatic carbocycles. The van der Waals surface area contributed by atoms with E-state index >= 15 is 0 Å². The van der Waals surface area contributed by atoms with E-state index in [9.17, 15) is 14.3 Å². The molecule has 1 heterocycles. The Morgan fingerprint density at radius 3 is 2.86 bits per heavy atom. The molecule has 0 spiro atoms. The molecule has 0 saturated carbocycles. The van der Waals surface area contributed by atoms with Crippen LogP contribution in [0.4, 0.5) is 4.39 Å². The Balaban J connectivity index is 1.82. The molecule has 22 heavy (non-hydrogen) atoms. The number of aliphatic hydroxyl groups excluding tert-OH is 1. The molecule has 0 aromatic heterocycles. The zero-order chi connectivity index (χ0) is 16.1. The molecule has 1 fully saturated rings. The average Bonchev–Trinajstić information content (AvgIpc) is 2.84. The molecule has 5 nitrogen and oxygen atoms in total. The summed E-state index contributed by atoms with van der Waals surface area (Å²) in [6, 6.07) is 4.83. The van der Waals surface area contributed by atoms with Gasteiger partial charge in [-0.3, -0.25) is 9.69 Å². The number of halogens is 1. The first-order chi connectivity index (χ1) is 10.5. The van der Waals surface area contributed by atoms with Crippen molar-refractivity contribution in [2.45, 2.75) is 25.5 Å². The van der Waals surface area contributed by atoms with Crippen LogP contribution >= 0.6 is 0 Å². The van der Waals surface area contributed by atoms with E-state index in [1.54, 1.807) is 17.0 Å². The number of methoxy groups -OCH3 is 1. The maximum atomic E-state index is 13.6. The van der Waals surface area contributed by atoms with E-state index in [1.165, 1.54) is 13.2 Å². The summed E-state index contributed by atoms with van der Waals surface area (Å²) >= 11 is 0. The van der Waals surface area contributed by atoms with Crippen LogP contribution in [-0.2, 0) is 11.3 Å². The minimum Gasteiger partial charge on any atom is -0.494 e. The lowest BCUT2D eigenvalue weighted by atomic mass is 10.2. The average molecular weight is 310 g/mol. The summed E-state index contributed by atoms with van der Waals surface area (Å²) in [6.45, 7) is 2.03. The van der Waals surface area contributed by atoms with E-state index in [2.05, 4.69) is 0 Å². The Hall–Kier alpha value is -1.66. The molecule has 122 valence electrons. The number of amides is 1. The summed E-state index contributed by atoms with van der Waals surface area (Å²) in [7, 11) is 3.29. The van der Waals surface area contributed by atoms with Crippen molar-refractivity contribution >= 4 is 5.91 Å². The number of nitrogens with zero attached hydrogens (tertiary/aromatic N) is 2. The van der Waals surface area contributed by atoms with E-state index in [0.717, 1.165) is 18.5 Å². The normalized spacial score (nSPS) is 16.4. The summed E-state index contributed by atoms with van der Waals surface area (Å²) in [6.07, 6.45) is 0.843. The highest BCUT2D eigenvalue weighted by molar-refractivity contribution is 5.78. The van der Waals surface area contributed by atoms with E-state index in [0.29, 0.717) is 26.1 Å². The Morgan fingerprint density at radius 1 is 1.50 bits per heavy atom. The predicted molar refractivity (Wildman–Crippen MR) is 81.1 cm³/mol. The fraction of sp³-hybridized carbons (Fsp3) is 0.562. The monoisotopic (exact) mass is 310 g/mol. The SMILES string of the molecule is COc1ccc(CN(C)CC(O)CN2CCCC2=O)cc1F. The van der Waals surface area contributed by atoms with Gasteiger partial charge in [-0.25, -0.2) is 4.39 Å². The molecule has 1 amide bonds. The van der Waals surface area contributed by atoms with Gasteiger partial charge in [0.1, 0.15) is 0 Å². The van der Waals surface area contributed by atoms with Gasteiger partial charge in [-0.05, 0) is 31.2 Å². The number of likely N-dealkylation sites (tertiary alicyclic amines) is 1. The van der Waals surface area contributed by atoms with Crippen molar-refractivity contribution < 1.29 is 19.0 Å². The minimum absolute atomic E-state index is 0.110. The summed E-state index contributed by atoms with van der Waals surface area (Å²) < 4.78 is 18.5. The number of hydrogen-bond acceptors (Lipinski definition) is 4. The number of ether oxygens (including phenoxy) is 1. The second-order valence-electron chi connectivity index (χ2n) is 5.76. The summed E-state index contributed by atoms with van der Waals surface area (Å²) in [5.41, 5.74) is 0.810. The van der Waals surface area contributed by atoms with Gasteiger partial charge in [-0.15, -0.1) is 0 Å². The predicted octanol–water partition coefficient (Wildman–Crippen LogP) is 1.25. The molecule has 1 N–H and O–H groups in total. The molecule has 2 rings (SSSR count). The van der Waals surface area contributed by atoms with Gasteiger partial charge in [0.25, 0.3) is 0 Å². The van der Waals surface area contributed by atoms with Gasteiger partial charge in [0, 0.05) is 32.6 Å². The Bertz CT molecular complexity index is 524. The van der Waals surface area contributed by atoms with Crippen LogP contribution in [0.5, 0.6) is 5.75 Å². The van der Waals surface area contributed by atoms with Gasteiger partial charge in [0.2, 0.25) is 5.91 Å². The van der Waals surface area contributed by atoms with Gasteiger partial charge in [-0.1, -0.05) is 6.07 Å². The topological polar surface area (TPSA) is 53.0 Å². The zero-order valence-corrected chi connectivity index (χ0v) is 13.1. The van der Waals surface area contributed by atoms with Gasteiger partial charge in [-0.2, -0.15) is 0 Å². The molecule has 1 atom stereocenters. The third kappa shape index (κ3) is 4.42. The molecule has 0 aliphatic carbocycles. The maximum Gasteiger partial charge on any atom is 0.222 e. The number of likely N-dealkylation sites (N-methyl/N-ethyl adjacent to an activating group) is 1. The number of rotatable bonds is 7. The van der Waals surface area contributed by atoms with Crippen molar-refractivity contribution in [3.05, 3.63) is 29.6 Å². The highest BCUT2D eigenvalue weighted by Gasteiger charge is 2.23. The smallest absolute Gasteiger partial charge is 0.222 e. The Kier molecular flexibility index (Phi) is 5.74. The van der Waals surface area contributed by atoms with E-state index in [1.807, 2.05) is 11.9 Å². The quantitative estimate of drug-likeness (QED) is 0.823. The van der Waals surface area contributed by atoms with E-state index in [-0.39, 0.29) is 11.7 Å². The van der Waals surface area contributed by atoms with Crippen molar-refractivity contribution in [3.63, 3.8) is 0 Å². The van der Waals surface area contributed by atoms with Crippen molar-refractivity contribution in [3.8, 4) is 5.75 Å². The number of carbonyl (C=O) groups excluding carboxylic acids is 1. The molecule has 0 radical (unpaired) electrons. The molecule has 1 aromatic rings. The fourth-order valence-electron chi connectivity index (χ4n) is 2.75. The van der Waals surface area contributed by atoms with Crippen molar-refractivity contribution in [1.29, 1.82) is 0 Å². The first-order valence-electron chi connectivity index (χ1n) is 7.46. The second kappa shape index (κ2) is 7.56. The highest BCUT2D eigenvalue weighted by Crippen LogP contribution is 2.18. The first kappa shape index (κ1) is 16.7. The summed E-state index contributed by atoms with van der Waals surface area (Å²) in [5.74, 6) is -0.0606. The molecule has 1 aliphatic rings. The Morgan fingerprint density at radius 2 is 2.27 bits per heavy atom. The molecule has 1 aliphatic heterocycles. The minimum atomic E-state index is -0.602. The van der Waals surface area contributed by atoms with Crippen LogP contribution in [0.1, 0.15) is 18.4 Å². The van der Waals surface area contributed by atoms with Crippen LogP contribution in [0, 0.1) is 5.82 Å².